The van der Waals surface area contributed by atoms with Crippen LogP contribution in [-0.4, -0.2) is 31.9 Å². The van der Waals surface area contributed by atoms with Crippen molar-refractivity contribution in [3.8, 4) is 16.9 Å². The first-order valence-electron chi connectivity index (χ1n) is 8.46. The number of rotatable bonds is 7. The van der Waals surface area contributed by atoms with Crippen LogP contribution in [0.3, 0.4) is 0 Å². The molecule has 1 heterocycles. The zero-order valence-electron chi connectivity index (χ0n) is 15.3. The lowest BCUT2D eigenvalue weighted by Gasteiger charge is -2.10. The maximum Gasteiger partial charge on any atom is 0.341 e. The van der Waals surface area contributed by atoms with Gasteiger partial charge in [-0.1, -0.05) is 41.9 Å². The van der Waals surface area contributed by atoms with E-state index in [0.29, 0.717) is 38.7 Å². The molecule has 2 aromatic carbocycles. The Bertz CT molecular complexity index is 1060. The Balaban J connectivity index is 1.82. The Morgan fingerprint density at radius 1 is 1.10 bits per heavy atom. The minimum absolute atomic E-state index is 0.215. The Kier molecular flexibility index (Phi) is 6.64. The molecule has 0 aliphatic carbocycles. The lowest BCUT2D eigenvalue weighted by atomic mass is 10.0. The van der Waals surface area contributed by atoms with Crippen molar-refractivity contribution in [2.45, 2.75) is 0 Å². The number of para-hydroxylation sites is 1. The van der Waals surface area contributed by atoms with Crippen LogP contribution in [-0.2, 0) is 9.53 Å². The highest BCUT2D eigenvalue weighted by atomic mass is 35.5. The highest BCUT2D eigenvalue weighted by Crippen LogP contribution is 2.39. The van der Waals surface area contributed by atoms with Crippen LogP contribution in [0.4, 0.5) is 5.00 Å². The summed E-state index contributed by atoms with van der Waals surface area (Å²) in [6, 6.07) is 13.7. The summed E-state index contributed by atoms with van der Waals surface area (Å²) >= 11 is 7.43. The monoisotopic (exact) mass is 429 g/mol. The number of benzene rings is 2. The van der Waals surface area contributed by atoms with Gasteiger partial charge in [0.2, 0.25) is 0 Å². The molecule has 6 nitrogen and oxygen atoms in total. The van der Waals surface area contributed by atoms with E-state index in [2.05, 4.69) is 5.32 Å². The standard InChI is InChI=1S/C21H16ClNO5S/c1-27-21(26)19-15(14-7-3-4-8-16(14)22)12-29-20(19)23-18(25)11-28-17-9-5-2-6-13(17)10-24/h2-10,12H,11H2,1H3,(H,23,25). The molecule has 0 spiro atoms. The molecule has 3 rings (SSSR count). The third-order valence-corrected chi connectivity index (χ3v) is 5.23. The number of nitrogens with one attached hydrogen (secondary N) is 1. The van der Waals surface area contributed by atoms with Gasteiger partial charge in [-0.3, -0.25) is 9.59 Å². The molecule has 0 saturated carbocycles. The van der Waals surface area contributed by atoms with E-state index in [-0.39, 0.29) is 12.2 Å². The van der Waals surface area contributed by atoms with Gasteiger partial charge >= 0.3 is 5.97 Å². The number of hydrogen-bond donors (Lipinski definition) is 1. The van der Waals surface area contributed by atoms with Gasteiger partial charge in [0.05, 0.1) is 12.7 Å². The van der Waals surface area contributed by atoms with Crippen LogP contribution in [0.5, 0.6) is 5.75 Å². The molecule has 148 valence electrons. The second-order valence-corrected chi connectivity index (χ2v) is 7.10. The van der Waals surface area contributed by atoms with Crippen molar-refractivity contribution in [3.05, 3.63) is 70.1 Å². The van der Waals surface area contributed by atoms with Gasteiger partial charge in [0.15, 0.2) is 12.9 Å². The molecule has 0 radical (unpaired) electrons. The van der Waals surface area contributed by atoms with Crippen molar-refractivity contribution in [1.82, 2.24) is 0 Å². The van der Waals surface area contributed by atoms with Crippen molar-refractivity contribution in [2.24, 2.45) is 0 Å². The van der Waals surface area contributed by atoms with E-state index in [1.807, 2.05) is 0 Å². The van der Waals surface area contributed by atoms with Gasteiger partial charge in [-0.25, -0.2) is 4.79 Å². The van der Waals surface area contributed by atoms with Crippen LogP contribution in [0.15, 0.2) is 53.9 Å². The number of carbonyl (C=O) groups excluding carboxylic acids is 3. The summed E-state index contributed by atoms with van der Waals surface area (Å²) in [5.41, 5.74) is 1.78. The normalized spacial score (nSPS) is 10.3. The minimum Gasteiger partial charge on any atom is -0.483 e. The number of ether oxygens (including phenoxy) is 2. The lowest BCUT2D eigenvalue weighted by molar-refractivity contribution is -0.118. The summed E-state index contributed by atoms with van der Waals surface area (Å²) < 4.78 is 10.3. The van der Waals surface area contributed by atoms with Crippen LogP contribution in [0, 0.1) is 0 Å². The molecule has 0 unspecified atom stereocenters. The maximum atomic E-state index is 12.4. The number of anilines is 1. The smallest absolute Gasteiger partial charge is 0.341 e. The first kappa shape index (κ1) is 20.6. The van der Waals surface area contributed by atoms with Gasteiger partial charge in [-0.05, 0) is 18.2 Å². The number of amides is 1. The molecule has 8 heteroatoms. The first-order valence-corrected chi connectivity index (χ1v) is 9.72. The van der Waals surface area contributed by atoms with Gasteiger partial charge in [0.25, 0.3) is 5.91 Å². The number of aldehydes is 1. The lowest BCUT2D eigenvalue weighted by Crippen LogP contribution is -2.21. The van der Waals surface area contributed by atoms with E-state index < -0.39 is 11.9 Å². The number of methoxy groups -OCH3 is 1. The van der Waals surface area contributed by atoms with Gasteiger partial charge < -0.3 is 14.8 Å². The van der Waals surface area contributed by atoms with E-state index in [9.17, 15) is 14.4 Å². The van der Waals surface area contributed by atoms with Crippen LogP contribution in [0.1, 0.15) is 20.7 Å². The molecule has 0 aliphatic rings. The SMILES string of the molecule is COC(=O)c1c(-c2ccccc2Cl)csc1NC(=O)COc1ccccc1C=O. The predicted molar refractivity (Wildman–Crippen MR) is 112 cm³/mol. The van der Waals surface area contributed by atoms with Crippen molar-refractivity contribution in [1.29, 1.82) is 0 Å². The first-order chi connectivity index (χ1) is 14.0. The quantitative estimate of drug-likeness (QED) is 0.435. The molecule has 1 aromatic heterocycles. The third kappa shape index (κ3) is 4.64. The Morgan fingerprint density at radius 3 is 2.55 bits per heavy atom. The van der Waals surface area contributed by atoms with E-state index in [4.69, 9.17) is 21.1 Å². The second-order valence-electron chi connectivity index (χ2n) is 5.82. The van der Waals surface area contributed by atoms with Crippen LogP contribution in [0.25, 0.3) is 11.1 Å². The molecule has 0 saturated heterocycles. The summed E-state index contributed by atoms with van der Waals surface area (Å²) in [5, 5.41) is 5.19. The third-order valence-electron chi connectivity index (χ3n) is 4.00. The number of hydrogen-bond acceptors (Lipinski definition) is 6. The molecule has 29 heavy (non-hydrogen) atoms. The average Bonchev–Trinajstić information content (AvgIpc) is 3.15. The molecule has 0 atom stereocenters. The van der Waals surface area contributed by atoms with Crippen LogP contribution >= 0.6 is 22.9 Å². The van der Waals surface area contributed by atoms with Gasteiger partial charge in [0, 0.05) is 21.5 Å². The fraction of sp³-hybridized carbons (Fsp3) is 0.0952. The van der Waals surface area contributed by atoms with Crippen molar-refractivity contribution in [3.63, 3.8) is 0 Å². The van der Waals surface area contributed by atoms with Gasteiger partial charge in [-0.15, -0.1) is 11.3 Å². The van der Waals surface area contributed by atoms with E-state index in [0.717, 1.165) is 0 Å². The molecule has 0 fully saturated rings. The summed E-state index contributed by atoms with van der Waals surface area (Å²) in [4.78, 5) is 35.8. The zero-order chi connectivity index (χ0) is 20.8. The van der Waals surface area contributed by atoms with Crippen molar-refractivity contribution < 1.29 is 23.9 Å². The second kappa shape index (κ2) is 9.36. The van der Waals surface area contributed by atoms with E-state index >= 15 is 0 Å². The summed E-state index contributed by atoms with van der Waals surface area (Å²) in [5.74, 6) is -0.777. The zero-order valence-corrected chi connectivity index (χ0v) is 16.9. The Morgan fingerprint density at radius 2 is 1.83 bits per heavy atom. The highest BCUT2D eigenvalue weighted by Gasteiger charge is 2.23. The van der Waals surface area contributed by atoms with Gasteiger partial charge in [-0.2, -0.15) is 0 Å². The van der Waals surface area contributed by atoms with Crippen molar-refractivity contribution >= 4 is 46.1 Å². The number of esters is 1. The number of thiophene rings is 1. The summed E-state index contributed by atoms with van der Waals surface area (Å²) in [7, 11) is 1.27. The molecule has 1 amide bonds. The fourth-order valence-corrected chi connectivity index (χ4v) is 3.85. The van der Waals surface area contributed by atoms with Gasteiger partial charge in [0.1, 0.15) is 16.3 Å². The van der Waals surface area contributed by atoms with E-state index in [1.165, 1.54) is 18.4 Å². The van der Waals surface area contributed by atoms with Crippen LogP contribution < -0.4 is 10.1 Å². The number of carbonyl (C=O) groups is 3. The topological polar surface area (TPSA) is 81.7 Å². The van der Waals surface area contributed by atoms with Crippen LogP contribution in [0.2, 0.25) is 5.02 Å². The van der Waals surface area contributed by atoms with E-state index in [1.54, 1.807) is 53.9 Å². The summed E-state index contributed by atoms with van der Waals surface area (Å²) in [6.45, 7) is -0.329. The Hall–Kier alpha value is -3.16. The Labute approximate surface area is 176 Å². The highest BCUT2D eigenvalue weighted by molar-refractivity contribution is 7.15. The molecule has 3 aromatic rings. The molecule has 0 aliphatic heterocycles. The average molecular weight is 430 g/mol. The molecule has 0 bridgehead atoms. The number of halogens is 1. The molecular formula is C21H16ClNO5S. The maximum absolute atomic E-state index is 12.4. The fourth-order valence-electron chi connectivity index (χ4n) is 2.65. The molecule has 1 N–H and O–H groups in total. The molecular weight excluding hydrogens is 414 g/mol. The van der Waals surface area contributed by atoms with Crippen molar-refractivity contribution in [2.75, 3.05) is 19.0 Å². The summed E-state index contributed by atoms with van der Waals surface area (Å²) in [6.07, 6.45) is 0.651. The minimum atomic E-state index is -0.594. The largest absolute Gasteiger partial charge is 0.483 e. The predicted octanol–water partition coefficient (Wildman–Crippen LogP) is 4.69.